The molecule has 32 heavy (non-hydrogen) atoms. The van der Waals surface area contributed by atoms with Gasteiger partial charge in [0.05, 0.1) is 18.9 Å². The zero-order chi connectivity index (χ0) is 22.9. The molecule has 1 aliphatic heterocycles. The number of halogens is 1. The predicted molar refractivity (Wildman–Crippen MR) is 117 cm³/mol. The van der Waals surface area contributed by atoms with E-state index in [1.165, 1.54) is 13.2 Å². The lowest BCUT2D eigenvalue weighted by Gasteiger charge is -2.42. The van der Waals surface area contributed by atoms with E-state index in [0.717, 1.165) is 5.57 Å². The molecule has 0 radical (unpaired) electrons. The maximum absolute atomic E-state index is 13.3. The number of hydrogen-bond acceptors (Lipinski definition) is 6. The molecule has 0 aromatic heterocycles. The van der Waals surface area contributed by atoms with E-state index >= 15 is 0 Å². The van der Waals surface area contributed by atoms with Crippen molar-refractivity contribution in [2.75, 3.05) is 7.11 Å². The number of phenolic OH excluding ortho intramolecular Hbond substituents is 1. The number of amides is 2. The number of imide groups is 1. The van der Waals surface area contributed by atoms with Crippen molar-refractivity contribution in [2.45, 2.75) is 25.7 Å². The molecule has 4 atom stereocenters. The van der Waals surface area contributed by atoms with Gasteiger partial charge >= 0.3 is 0 Å². The van der Waals surface area contributed by atoms with Crippen molar-refractivity contribution >= 4 is 39.3 Å². The van der Waals surface area contributed by atoms with Crippen molar-refractivity contribution < 1.29 is 29.0 Å². The molecule has 0 saturated carbocycles. The number of phenols is 1. The first-order valence-corrected chi connectivity index (χ1v) is 11.1. The molecule has 4 unspecified atom stereocenters. The van der Waals surface area contributed by atoms with Crippen molar-refractivity contribution in [3.63, 3.8) is 0 Å². The standard InChI is InChI=1S/C24H20BrNO6/c1-9-5-16(27)14-8-13-11(3-4-12-19(13)24(31)26-23(12)30)18(20(14)21(9)28)15-6-10(25)7-17(32-2)22(15)29/h3,5-7,12-13,18-19,29H,4,8H2,1-2H3,(H,26,30,31). The first kappa shape index (κ1) is 20.9. The second kappa shape index (κ2) is 7.27. The summed E-state index contributed by atoms with van der Waals surface area (Å²) < 4.78 is 5.95. The average molecular weight is 498 g/mol. The van der Waals surface area contributed by atoms with E-state index in [0.29, 0.717) is 33.2 Å². The van der Waals surface area contributed by atoms with Gasteiger partial charge in [0, 0.05) is 32.7 Å². The minimum absolute atomic E-state index is 0.129. The number of carbonyl (C=O) groups excluding carboxylic acids is 4. The fraction of sp³-hybridized carbons (Fsp3) is 0.333. The van der Waals surface area contributed by atoms with Crippen LogP contribution in [-0.4, -0.2) is 35.6 Å². The van der Waals surface area contributed by atoms with Crippen LogP contribution in [0.3, 0.4) is 0 Å². The molecular weight excluding hydrogens is 478 g/mol. The molecule has 2 amide bonds. The number of rotatable bonds is 2. The summed E-state index contributed by atoms with van der Waals surface area (Å²) in [5, 5.41) is 13.4. The number of methoxy groups -OCH3 is 1. The third-order valence-corrected chi connectivity index (χ3v) is 7.47. The van der Waals surface area contributed by atoms with Gasteiger partial charge in [0.25, 0.3) is 0 Å². The molecule has 1 fully saturated rings. The maximum Gasteiger partial charge on any atom is 0.231 e. The second-order valence-corrected chi connectivity index (χ2v) is 9.54. The van der Waals surface area contributed by atoms with E-state index < -0.39 is 23.7 Å². The fourth-order valence-electron chi connectivity index (χ4n) is 5.60. The number of nitrogens with one attached hydrogen (secondary N) is 1. The number of ether oxygens (including phenoxy) is 1. The van der Waals surface area contributed by atoms with Crippen molar-refractivity contribution in [3.8, 4) is 11.5 Å². The summed E-state index contributed by atoms with van der Waals surface area (Å²) in [4.78, 5) is 51.3. The monoisotopic (exact) mass is 497 g/mol. The van der Waals surface area contributed by atoms with E-state index in [9.17, 15) is 24.3 Å². The number of ketones is 2. The number of Topliss-reactive ketones (excluding diaryl/α,β-unsaturated/α-hetero) is 1. The van der Waals surface area contributed by atoms with Crippen LogP contribution in [0.25, 0.3) is 0 Å². The van der Waals surface area contributed by atoms with Crippen LogP contribution in [0.2, 0.25) is 0 Å². The SMILES string of the molecule is COc1cc(Br)cc(C2C3=CCC4C(=O)NC(=O)C4C3CC3=C2C(=O)C(C)=CC3=O)c1O. The summed E-state index contributed by atoms with van der Waals surface area (Å²) in [7, 11) is 1.43. The highest BCUT2D eigenvalue weighted by Crippen LogP contribution is 2.56. The fourth-order valence-corrected chi connectivity index (χ4v) is 6.05. The summed E-state index contributed by atoms with van der Waals surface area (Å²) in [6.45, 7) is 1.60. The third-order valence-electron chi connectivity index (χ3n) is 7.01. The summed E-state index contributed by atoms with van der Waals surface area (Å²) in [5.41, 5.74) is 2.21. The Labute approximate surface area is 192 Å². The smallest absolute Gasteiger partial charge is 0.231 e. The first-order valence-electron chi connectivity index (χ1n) is 10.3. The largest absolute Gasteiger partial charge is 0.504 e. The summed E-state index contributed by atoms with van der Waals surface area (Å²) in [6.07, 6.45) is 3.79. The minimum Gasteiger partial charge on any atom is -0.504 e. The Kier molecular flexibility index (Phi) is 4.74. The van der Waals surface area contributed by atoms with Gasteiger partial charge in [0.15, 0.2) is 23.1 Å². The van der Waals surface area contributed by atoms with E-state index in [-0.39, 0.29) is 41.3 Å². The number of aromatic hydroxyl groups is 1. The van der Waals surface area contributed by atoms with Crippen molar-refractivity contribution in [2.24, 2.45) is 17.8 Å². The van der Waals surface area contributed by atoms with Gasteiger partial charge in [-0.3, -0.25) is 24.5 Å². The van der Waals surface area contributed by atoms with Gasteiger partial charge in [0.1, 0.15) is 0 Å². The number of benzene rings is 1. The van der Waals surface area contributed by atoms with E-state index in [1.807, 2.05) is 6.08 Å². The molecule has 1 aromatic carbocycles. The normalized spacial score (nSPS) is 29.1. The molecule has 1 heterocycles. The number of hydrogen-bond donors (Lipinski definition) is 2. The molecule has 0 bridgehead atoms. The first-order chi connectivity index (χ1) is 15.2. The number of fused-ring (bicyclic) bond motifs is 3. The van der Waals surface area contributed by atoms with Crippen LogP contribution in [0.1, 0.15) is 31.2 Å². The molecule has 3 aliphatic carbocycles. The highest BCUT2D eigenvalue weighted by atomic mass is 79.9. The van der Waals surface area contributed by atoms with Crippen LogP contribution >= 0.6 is 15.9 Å². The van der Waals surface area contributed by atoms with Gasteiger partial charge in [-0.05, 0) is 43.9 Å². The molecule has 7 nitrogen and oxygen atoms in total. The van der Waals surface area contributed by atoms with E-state index in [2.05, 4.69) is 21.2 Å². The number of allylic oxidation sites excluding steroid dienone is 6. The van der Waals surface area contributed by atoms with Crippen molar-refractivity contribution in [1.82, 2.24) is 5.32 Å². The van der Waals surface area contributed by atoms with Gasteiger partial charge in [-0.2, -0.15) is 0 Å². The third kappa shape index (κ3) is 2.85. The topological polar surface area (TPSA) is 110 Å². The molecule has 1 aromatic rings. The highest BCUT2D eigenvalue weighted by Gasteiger charge is 2.53. The Bertz CT molecular complexity index is 1220. The lowest BCUT2D eigenvalue weighted by molar-refractivity contribution is -0.126. The van der Waals surface area contributed by atoms with Crippen LogP contribution in [0.5, 0.6) is 11.5 Å². The predicted octanol–water partition coefficient (Wildman–Crippen LogP) is 2.88. The van der Waals surface area contributed by atoms with Gasteiger partial charge < -0.3 is 9.84 Å². The summed E-state index contributed by atoms with van der Waals surface area (Å²) >= 11 is 3.43. The van der Waals surface area contributed by atoms with Gasteiger partial charge in [-0.15, -0.1) is 0 Å². The van der Waals surface area contributed by atoms with Crippen LogP contribution in [0.15, 0.2) is 51.0 Å². The molecule has 2 N–H and O–H groups in total. The lowest BCUT2D eigenvalue weighted by Crippen LogP contribution is -2.39. The second-order valence-electron chi connectivity index (χ2n) is 8.63. The molecule has 4 aliphatic rings. The highest BCUT2D eigenvalue weighted by molar-refractivity contribution is 9.10. The Balaban J connectivity index is 1.77. The Morgan fingerprint density at radius 3 is 2.59 bits per heavy atom. The Hall–Kier alpha value is -3.00. The quantitative estimate of drug-likeness (QED) is 0.369. The molecule has 0 spiro atoms. The molecular formula is C24H20BrNO6. The zero-order valence-corrected chi connectivity index (χ0v) is 19.0. The molecule has 1 saturated heterocycles. The molecule has 5 rings (SSSR count). The zero-order valence-electron chi connectivity index (χ0n) is 17.4. The van der Waals surface area contributed by atoms with Gasteiger partial charge in [0.2, 0.25) is 11.8 Å². The van der Waals surface area contributed by atoms with Crippen LogP contribution in [-0.2, 0) is 19.2 Å². The number of carbonyl (C=O) groups is 4. The van der Waals surface area contributed by atoms with Gasteiger partial charge in [-0.1, -0.05) is 27.6 Å². The molecule has 8 heteroatoms. The summed E-state index contributed by atoms with van der Waals surface area (Å²) in [6, 6.07) is 3.32. The van der Waals surface area contributed by atoms with Gasteiger partial charge in [-0.25, -0.2) is 0 Å². The maximum atomic E-state index is 13.3. The van der Waals surface area contributed by atoms with Crippen molar-refractivity contribution in [3.05, 3.63) is 56.6 Å². The average Bonchev–Trinajstić information content (AvgIpc) is 3.05. The lowest BCUT2D eigenvalue weighted by atomic mass is 9.59. The van der Waals surface area contributed by atoms with Crippen LogP contribution in [0.4, 0.5) is 0 Å². The Morgan fingerprint density at radius 2 is 1.88 bits per heavy atom. The molecule has 164 valence electrons. The Morgan fingerprint density at radius 1 is 1.12 bits per heavy atom. The summed E-state index contributed by atoms with van der Waals surface area (Å²) in [5.74, 6) is -3.32. The van der Waals surface area contributed by atoms with Crippen LogP contribution in [0, 0.1) is 17.8 Å². The minimum atomic E-state index is -0.722. The van der Waals surface area contributed by atoms with E-state index in [1.54, 1.807) is 19.1 Å². The van der Waals surface area contributed by atoms with Crippen molar-refractivity contribution in [1.29, 1.82) is 0 Å². The van der Waals surface area contributed by atoms with Crippen LogP contribution < -0.4 is 10.1 Å². The van der Waals surface area contributed by atoms with E-state index in [4.69, 9.17) is 4.74 Å².